The first-order chi connectivity index (χ1) is 5.52. The maximum absolute atomic E-state index is 11.4. The topological polar surface area (TPSA) is 40.5 Å². The smallest absolute Gasteiger partial charge is 0.251 e. The molecule has 1 amide bonds. The van der Waals surface area contributed by atoms with E-state index in [1.165, 1.54) is 6.92 Å². The van der Waals surface area contributed by atoms with Gasteiger partial charge < -0.3 is 10.0 Å². The number of aliphatic hydroxyl groups is 1. The van der Waals surface area contributed by atoms with E-state index < -0.39 is 6.10 Å². The number of hydrogen-bond acceptors (Lipinski definition) is 2. The van der Waals surface area contributed by atoms with Gasteiger partial charge >= 0.3 is 0 Å². The van der Waals surface area contributed by atoms with Gasteiger partial charge in [-0.3, -0.25) is 4.79 Å². The van der Waals surface area contributed by atoms with Crippen LogP contribution in [0.25, 0.3) is 0 Å². The monoisotopic (exact) mass is 171 g/mol. The van der Waals surface area contributed by atoms with Gasteiger partial charge in [-0.1, -0.05) is 6.92 Å². The highest BCUT2D eigenvalue weighted by atomic mass is 16.3. The van der Waals surface area contributed by atoms with E-state index in [1.54, 1.807) is 4.90 Å². The molecule has 12 heavy (non-hydrogen) atoms. The molecule has 1 aliphatic rings. The van der Waals surface area contributed by atoms with Crippen molar-refractivity contribution in [3.63, 3.8) is 0 Å². The molecule has 1 saturated heterocycles. The Labute approximate surface area is 73.4 Å². The van der Waals surface area contributed by atoms with Crippen LogP contribution in [0.2, 0.25) is 0 Å². The van der Waals surface area contributed by atoms with Gasteiger partial charge in [-0.25, -0.2) is 0 Å². The van der Waals surface area contributed by atoms with Crippen molar-refractivity contribution < 1.29 is 9.90 Å². The molecule has 1 rings (SSSR count). The van der Waals surface area contributed by atoms with E-state index in [0.717, 1.165) is 13.0 Å². The second kappa shape index (κ2) is 3.44. The van der Waals surface area contributed by atoms with Crippen LogP contribution in [0.3, 0.4) is 0 Å². The predicted octanol–water partition coefficient (Wildman–Crippen LogP) is 0.624. The van der Waals surface area contributed by atoms with Crippen LogP contribution in [0.4, 0.5) is 0 Å². The molecule has 1 N–H and O–H groups in total. The first kappa shape index (κ1) is 9.52. The number of likely N-dealkylation sites (tertiary alicyclic amines) is 1. The van der Waals surface area contributed by atoms with Gasteiger partial charge in [0.1, 0.15) is 6.10 Å². The molecule has 0 bridgehead atoms. The van der Waals surface area contributed by atoms with Crippen molar-refractivity contribution in [2.45, 2.75) is 39.3 Å². The van der Waals surface area contributed by atoms with Crippen molar-refractivity contribution in [3.8, 4) is 0 Å². The predicted molar refractivity (Wildman–Crippen MR) is 46.6 cm³/mol. The Morgan fingerprint density at radius 2 is 2.17 bits per heavy atom. The van der Waals surface area contributed by atoms with Gasteiger partial charge in [0.15, 0.2) is 0 Å². The van der Waals surface area contributed by atoms with E-state index in [4.69, 9.17) is 5.11 Å². The van der Waals surface area contributed by atoms with Crippen molar-refractivity contribution in [2.75, 3.05) is 6.54 Å². The summed E-state index contributed by atoms with van der Waals surface area (Å²) in [4.78, 5) is 13.2. The molecule has 0 aromatic carbocycles. The third-order valence-corrected chi connectivity index (χ3v) is 2.42. The first-order valence-corrected chi connectivity index (χ1v) is 4.51. The van der Waals surface area contributed by atoms with Gasteiger partial charge in [-0.15, -0.1) is 0 Å². The molecular weight excluding hydrogens is 154 g/mol. The van der Waals surface area contributed by atoms with E-state index in [9.17, 15) is 4.79 Å². The third kappa shape index (κ3) is 1.78. The van der Waals surface area contributed by atoms with Crippen LogP contribution in [0, 0.1) is 5.92 Å². The second-order valence-electron chi connectivity index (χ2n) is 3.86. The second-order valence-corrected chi connectivity index (χ2v) is 3.86. The molecule has 0 aromatic heterocycles. The number of carbonyl (C=O) groups excluding carboxylic acids is 1. The summed E-state index contributed by atoms with van der Waals surface area (Å²) < 4.78 is 0. The van der Waals surface area contributed by atoms with Crippen molar-refractivity contribution >= 4 is 5.91 Å². The number of amides is 1. The van der Waals surface area contributed by atoms with Crippen LogP contribution >= 0.6 is 0 Å². The van der Waals surface area contributed by atoms with Crippen LogP contribution in [0.1, 0.15) is 27.2 Å². The Balaban J connectivity index is 2.58. The average molecular weight is 171 g/mol. The van der Waals surface area contributed by atoms with Crippen LogP contribution in [0.15, 0.2) is 0 Å². The molecule has 2 unspecified atom stereocenters. The molecule has 3 heteroatoms. The average Bonchev–Trinajstić information content (AvgIpc) is 2.28. The minimum Gasteiger partial charge on any atom is -0.384 e. The van der Waals surface area contributed by atoms with Crippen LogP contribution in [-0.2, 0) is 4.79 Å². The maximum atomic E-state index is 11.4. The molecule has 3 atom stereocenters. The third-order valence-electron chi connectivity index (χ3n) is 2.42. The maximum Gasteiger partial charge on any atom is 0.251 e. The highest BCUT2D eigenvalue weighted by Crippen LogP contribution is 2.22. The summed E-state index contributed by atoms with van der Waals surface area (Å²) in [6, 6.07) is 0.294. The van der Waals surface area contributed by atoms with Gasteiger partial charge in [0.05, 0.1) is 0 Å². The summed E-state index contributed by atoms with van der Waals surface area (Å²) >= 11 is 0. The lowest BCUT2D eigenvalue weighted by molar-refractivity contribution is -0.139. The number of carbonyl (C=O) groups is 1. The Bertz CT molecular complexity index is 179. The SMILES string of the molecule is CC1CC(C)N(C(=O)[C@@H](C)O)C1. The summed E-state index contributed by atoms with van der Waals surface area (Å²) in [5.74, 6) is 0.439. The summed E-state index contributed by atoms with van der Waals surface area (Å²) in [5.41, 5.74) is 0. The Kier molecular flexibility index (Phi) is 2.73. The largest absolute Gasteiger partial charge is 0.384 e. The number of nitrogens with zero attached hydrogens (tertiary/aromatic N) is 1. The molecule has 1 fully saturated rings. The standard InChI is InChI=1S/C9H17NO2/c1-6-4-7(2)10(5-6)9(12)8(3)11/h6-8,11H,4-5H2,1-3H3/t6?,7?,8-/m1/s1. The van der Waals surface area contributed by atoms with Crippen LogP contribution in [0.5, 0.6) is 0 Å². The summed E-state index contributed by atoms with van der Waals surface area (Å²) in [7, 11) is 0. The summed E-state index contributed by atoms with van der Waals surface area (Å²) in [6.07, 6.45) is 0.205. The lowest BCUT2D eigenvalue weighted by Crippen LogP contribution is -2.39. The van der Waals surface area contributed by atoms with E-state index >= 15 is 0 Å². The van der Waals surface area contributed by atoms with Gasteiger partial charge in [0.2, 0.25) is 0 Å². The molecule has 1 heterocycles. The van der Waals surface area contributed by atoms with E-state index in [-0.39, 0.29) is 5.91 Å². The van der Waals surface area contributed by atoms with Crippen molar-refractivity contribution in [3.05, 3.63) is 0 Å². The molecule has 0 aromatic rings. The summed E-state index contributed by atoms with van der Waals surface area (Å²) in [6.45, 7) is 6.48. The van der Waals surface area contributed by atoms with Crippen LogP contribution < -0.4 is 0 Å². The molecule has 70 valence electrons. The lowest BCUT2D eigenvalue weighted by Gasteiger charge is -2.22. The van der Waals surface area contributed by atoms with Crippen molar-refractivity contribution in [2.24, 2.45) is 5.92 Å². The van der Waals surface area contributed by atoms with Gasteiger partial charge in [0, 0.05) is 12.6 Å². The zero-order valence-electron chi connectivity index (χ0n) is 7.95. The van der Waals surface area contributed by atoms with Crippen molar-refractivity contribution in [1.29, 1.82) is 0 Å². The number of hydrogen-bond donors (Lipinski definition) is 1. The number of aliphatic hydroxyl groups excluding tert-OH is 1. The highest BCUT2D eigenvalue weighted by molar-refractivity contribution is 5.80. The fourth-order valence-electron chi connectivity index (χ4n) is 1.85. The van der Waals surface area contributed by atoms with E-state index in [0.29, 0.717) is 12.0 Å². The minimum atomic E-state index is -0.849. The molecule has 0 saturated carbocycles. The summed E-state index contributed by atoms with van der Waals surface area (Å²) in [5, 5.41) is 9.09. The van der Waals surface area contributed by atoms with E-state index in [1.807, 2.05) is 6.92 Å². The zero-order chi connectivity index (χ0) is 9.30. The zero-order valence-corrected chi connectivity index (χ0v) is 7.95. The fraction of sp³-hybridized carbons (Fsp3) is 0.889. The van der Waals surface area contributed by atoms with E-state index in [2.05, 4.69) is 6.92 Å². The Hall–Kier alpha value is -0.570. The van der Waals surface area contributed by atoms with Gasteiger partial charge in [-0.2, -0.15) is 0 Å². The molecular formula is C9H17NO2. The molecule has 0 radical (unpaired) electrons. The fourth-order valence-corrected chi connectivity index (χ4v) is 1.85. The molecule has 0 aliphatic carbocycles. The van der Waals surface area contributed by atoms with Gasteiger partial charge in [-0.05, 0) is 26.2 Å². The lowest BCUT2D eigenvalue weighted by atomic mass is 10.1. The minimum absolute atomic E-state index is 0.133. The molecule has 0 spiro atoms. The van der Waals surface area contributed by atoms with Gasteiger partial charge in [0.25, 0.3) is 5.91 Å². The first-order valence-electron chi connectivity index (χ1n) is 4.51. The number of rotatable bonds is 1. The van der Waals surface area contributed by atoms with Crippen molar-refractivity contribution in [1.82, 2.24) is 4.90 Å². The molecule has 3 nitrogen and oxygen atoms in total. The highest BCUT2D eigenvalue weighted by Gasteiger charge is 2.31. The Morgan fingerprint density at radius 1 is 1.58 bits per heavy atom. The Morgan fingerprint density at radius 3 is 2.50 bits per heavy atom. The molecule has 1 aliphatic heterocycles. The van der Waals surface area contributed by atoms with Crippen LogP contribution in [-0.4, -0.2) is 34.6 Å². The quantitative estimate of drug-likeness (QED) is 0.628. The normalized spacial score (nSPS) is 32.2.